The van der Waals surface area contributed by atoms with Crippen molar-refractivity contribution in [2.75, 3.05) is 13.2 Å². The summed E-state index contributed by atoms with van der Waals surface area (Å²) in [5.41, 5.74) is 5.88. The molecule has 3 aromatic carbocycles. The topological polar surface area (TPSA) is 30.5 Å². The van der Waals surface area contributed by atoms with E-state index >= 15 is 0 Å². The maximum absolute atomic E-state index is 6.39. The molecule has 0 aliphatic carbocycles. The lowest BCUT2D eigenvalue weighted by Crippen LogP contribution is -2.31. The van der Waals surface area contributed by atoms with Crippen LogP contribution in [0.1, 0.15) is 40.8 Å². The van der Waals surface area contributed by atoms with Crippen LogP contribution in [0.5, 0.6) is 11.5 Å². The summed E-state index contributed by atoms with van der Waals surface area (Å²) < 4.78 is 12.0. The molecule has 4 rings (SSSR count). The number of nitrogens with one attached hydrogen (secondary N) is 1. The van der Waals surface area contributed by atoms with Gasteiger partial charge in [-0.2, -0.15) is 0 Å². The summed E-state index contributed by atoms with van der Waals surface area (Å²) in [7, 11) is 0. The molecule has 1 N–H and O–H groups in total. The van der Waals surface area contributed by atoms with E-state index in [1.807, 2.05) is 44.2 Å². The fraction of sp³-hybridized carbons (Fsp3) is 0.280. The third-order valence-electron chi connectivity index (χ3n) is 5.28. The Hall–Kier alpha value is -2.49. The first-order valence-corrected chi connectivity index (χ1v) is 10.5. The Balaban J connectivity index is 1.62. The standard InChI is InChI=1S/C25H26ClNO2/c1-3-28-25-17(2)13-20(26)15-23(25)24-22-10-9-21(14-19(22)11-12-27-24)29-16-18-7-5-4-6-8-18/h4-10,13-15,24,27H,3,11-12,16H2,1-2H3. The highest BCUT2D eigenvalue weighted by Gasteiger charge is 2.25. The van der Waals surface area contributed by atoms with Gasteiger partial charge in [0.05, 0.1) is 12.6 Å². The van der Waals surface area contributed by atoms with Gasteiger partial charge in [0.15, 0.2) is 0 Å². The average Bonchev–Trinajstić information content (AvgIpc) is 2.74. The van der Waals surface area contributed by atoms with Crippen LogP contribution in [0.2, 0.25) is 5.02 Å². The van der Waals surface area contributed by atoms with Gasteiger partial charge in [0.25, 0.3) is 0 Å². The van der Waals surface area contributed by atoms with Crippen molar-refractivity contribution in [2.24, 2.45) is 0 Å². The number of halogens is 1. The summed E-state index contributed by atoms with van der Waals surface area (Å²) >= 11 is 6.39. The van der Waals surface area contributed by atoms with Gasteiger partial charge in [-0.05, 0) is 66.8 Å². The van der Waals surface area contributed by atoms with Crippen molar-refractivity contribution in [3.05, 3.63) is 93.5 Å². The Morgan fingerprint density at radius 2 is 1.83 bits per heavy atom. The third-order valence-corrected chi connectivity index (χ3v) is 5.50. The Bertz CT molecular complexity index is 988. The van der Waals surface area contributed by atoms with Gasteiger partial charge in [0.1, 0.15) is 18.1 Å². The quantitative estimate of drug-likeness (QED) is 0.555. The first-order valence-electron chi connectivity index (χ1n) is 10.1. The van der Waals surface area contributed by atoms with Crippen LogP contribution in [-0.2, 0) is 13.0 Å². The van der Waals surface area contributed by atoms with Crippen LogP contribution in [-0.4, -0.2) is 13.2 Å². The number of rotatable bonds is 6. The van der Waals surface area contributed by atoms with Crippen LogP contribution in [0, 0.1) is 6.92 Å². The summed E-state index contributed by atoms with van der Waals surface area (Å²) in [6.07, 6.45) is 0.970. The highest BCUT2D eigenvalue weighted by Crippen LogP contribution is 2.38. The molecule has 150 valence electrons. The molecule has 0 saturated heterocycles. The monoisotopic (exact) mass is 407 g/mol. The normalized spacial score (nSPS) is 15.6. The minimum Gasteiger partial charge on any atom is -0.493 e. The van der Waals surface area contributed by atoms with Crippen LogP contribution < -0.4 is 14.8 Å². The van der Waals surface area contributed by atoms with Crippen LogP contribution >= 0.6 is 11.6 Å². The van der Waals surface area contributed by atoms with Crippen molar-refractivity contribution in [3.8, 4) is 11.5 Å². The summed E-state index contributed by atoms with van der Waals surface area (Å²) in [4.78, 5) is 0. The molecule has 3 nitrogen and oxygen atoms in total. The largest absolute Gasteiger partial charge is 0.493 e. The van der Waals surface area contributed by atoms with E-state index in [1.54, 1.807) is 0 Å². The minimum absolute atomic E-state index is 0.0564. The van der Waals surface area contributed by atoms with Crippen LogP contribution in [0.15, 0.2) is 60.7 Å². The van der Waals surface area contributed by atoms with Crippen molar-refractivity contribution < 1.29 is 9.47 Å². The molecule has 1 atom stereocenters. The van der Waals surface area contributed by atoms with Crippen molar-refractivity contribution >= 4 is 11.6 Å². The summed E-state index contributed by atoms with van der Waals surface area (Å²) in [5.74, 6) is 1.83. The molecular formula is C25H26ClNO2. The minimum atomic E-state index is 0.0564. The smallest absolute Gasteiger partial charge is 0.127 e. The number of fused-ring (bicyclic) bond motifs is 1. The van der Waals surface area contributed by atoms with Crippen LogP contribution in [0.25, 0.3) is 0 Å². The van der Waals surface area contributed by atoms with Gasteiger partial charge < -0.3 is 14.8 Å². The number of hydrogen-bond donors (Lipinski definition) is 1. The van der Waals surface area contributed by atoms with E-state index in [1.165, 1.54) is 16.7 Å². The zero-order valence-electron chi connectivity index (χ0n) is 16.9. The molecule has 1 unspecified atom stereocenters. The molecule has 29 heavy (non-hydrogen) atoms. The second-order valence-corrected chi connectivity index (χ2v) is 7.78. The molecule has 4 heteroatoms. The van der Waals surface area contributed by atoms with Crippen LogP contribution in [0.4, 0.5) is 0 Å². The molecule has 0 fully saturated rings. The van der Waals surface area contributed by atoms with E-state index in [2.05, 4.69) is 35.6 Å². The van der Waals surface area contributed by atoms with Crippen molar-refractivity contribution in [1.82, 2.24) is 5.32 Å². The lowest BCUT2D eigenvalue weighted by atomic mass is 9.88. The fourth-order valence-corrected chi connectivity index (χ4v) is 4.24. The molecule has 1 aliphatic heterocycles. The SMILES string of the molecule is CCOc1c(C)cc(Cl)cc1C1NCCc2cc(OCc3ccccc3)ccc21. The highest BCUT2D eigenvalue weighted by molar-refractivity contribution is 6.30. The number of hydrogen-bond acceptors (Lipinski definition) is 3. The molecule has 1 heterocycles. The van der Waals surface area contributed by atoms with E-state index in [-0.39, 0.29) is 6.04 Å². The van der Waals surface area contributed by atoms with E-state index in [9.17, 15) is 0 Å². The van der Waals surface area contributed by atoms with E-state index in [0.717, 1.165) is 40.6 Å². The molecule has 0 radical (unpaired) electrons. The fourth-order valence-electron chi connectivity index (χ4n) is 3.96. The molecule has 0 spiro atoms. The number of benzene rings is 3. The first-order chi connectivity index (χ1) is 14.2. The molecule has 0 saturated carbocycles. The molecule has 0 bridgehead atoms. The molecule has 0 aromatic heterocycles. The predicted octanol–water partition coefficient (Wildman–Crippen LogP) is 5.86. The first kappa shape index (κ1) is 19.8. The van der Waals surface area contributed by atoms with Gasteiger partial charge >= 0.3 is 0 Å². The third kappa shape index (κ3) is 4.42. The highest BCUT2D eigenvalue weighted by atomic mass is 35.5. The Morgan fingerprint density at radius 1 is 1.00 bits per heavy atom. The lowest BCUT2D eigenvalue weighted by Gasteiger charge is -2.29. The molecular weight excluding hydrogens is 382 g/mol. The second-order valence-electron chi connectivity index (χ2n) is 7.35. The van der Waals surface area contributed by atoms with Gasteiger partial charge in [-0.15, -0.1) is 0 Å². The van der Waals surface area contributed by atoms with Crippen molar-refractivity contribution in [3.63, 3.8) is 0 Å². The van der Waals surface area contributed by atoms with Gasteiger partial charge in [-0.3, -0.25) is 0 Å². The Labute approximate surface area is 177 Å². The van der Waals surface area contributed by atoms with Crippen molar-refractivity contribution in [1.29, 1.82) is 0 Å². The van der Waals surface area contributed by atoms with Gasteiger partial charge in [0.2, 0.25) is 0 Å². The second kappa shape index (κ2) is 8.89. The van der Waals surface area contributed by atoms with Crippen LogP contribution in [0.3, 0.4) is 0 Å². The summed E-state index contributed by atoms with van der Waals surface area (Å²) in [6, 6.07) is 20.7. The van der Waals surface area contributed by atoms with E-state index in [0.29, 0.717) is 13.2 Å². The van der Waals surface area contributed by atoms with Gasteiger partial charge in [-0.25, -0.2) is 0 Å². The van der Waals surface area contributed by atoms with E-state index < -0.39 is 0 Å². The van der Waals surface area contributed by atoms with Gasteiger partial charge in [-0.1, -0.05) is 48.0 Å². The van der Waals surface area contributed by atoms with Gasteiger partial charge in [0, 0.05) is 17.1 Å². The zero-order valence-corrected chi connectivity index (χ0v) is 17.6. The maximum atomic E-state index is 6.39. The number of ether oxygens (including phenoxy) is 2. The average molecular weight is 408 g/mol. The summed E-state index contributed by atoms with van der Waals surface area (Å²) in [5, 5.41) is 4.38. The molecule has 0 amide bonds. The Kier molecular flexibility index (Phi) is 6.08. The Morgan fingerprint density at radius 3 is 2.62 bits per heavy atom. The lowest BCUT2D eigenvalue weighted by molar-refractivity contribution is 0.305. The van der Waals surface area contributed by atoms with Crippen molar-refractivity contribution in [2.45, 2.75) is 32.9 Å². The maximum Gasteiger partial charge on any atom is 0.127 e. The zero-order chi connectivity index (χ0) is 20.2. The van der Waals surface area contributed by atoms with E-state index in [4.69, 9.17) is 21.1 Å². The predicted molar refractivity (Wildman–Crippen MR) is 118 cm³/mol. The molecule has 3 aromatic rings. The molecule has 1 aliphatic rings. The number of aryl methyl sites for hydroxylation is 1. The summed E-state index contributed by atoms with van der Waals surface area (Å²) in [6.45, 7) is 6.16.